The predicted molar refractivity (Wildman–Crippen MR) is 92.9 cm³/mol. The van der Waals surface area contributed by atoms with Gasteiger partial charge < -0.3 is 19.9 Å². The highest BCUT2D eigenvalue weighted by atomic mass is 35.5. The van der Waals surface area contributed by atoms with Gasteiger partial charge in [-0.25, -0.2) is 4.79 Å². The molecule has 1 heterocycles. The number of rotatable bonds is 2. The minimum atomic E-state index is -0.273. The van der Waals surface area contributed by atoms with Gasteiger partial charge in [-0.1, -0.05) is 23.2 Å². The maximum Gasteiger partial charge on any atom is 0.409 e. The standard InChI is InChI=1S/C14H17Cl2N3O2S/c1-2-21-14(20)19-7-5-18(6-8-19)13(22)17-10-3-4-11(15)12(16)9-10/h3-4,9H,2,5-8H2,1H3,(H,17,22). The topological polar surface area (TPSA) is 44.8 Å². The first-order valence-corrected chi connectivity index (χ1v) is 8.10. The fourth-order valence-corrected chi connectivity index (χ4v) is 2.68. The SMILES string of the molecule is CCOC(=O)N1CCN(C(=S)Nc2ccc(Cl)c(Cl)c2)CC1. The third-order valence-electron chi connectivity index (χ3n) is 3.26. The third-order valence-corrected chi connectivity index (χ3v) is 4.36. The smallest absolute Gasteiger partial charge is 0.409 e. The third kappa shape index (κ3) is 4.38. The normalized spacial score (nSPS) is 14.7. The molecule has 0 bridgehead atoms. The van der Waals surface area contributed by atoms with E-state index in [1.807, 2.05) is 11.0 Å². The summed E-state index contributed by atoms with van der Waals surface area (Å²) in [6, 6.07) is 5.26. The molecule has 1 aliphatic heterocycles. The lowest BCUT2D eigenvalue weighted by atomic mass is 10.3. The van der Waals surface area contributed by atoms with E-state index in [2.05, 4.69) is 5.32 Å². The molecule has 2 rings (SSSR count). The van der Waals surface area contributed by atoms with E-state index in [1.54, 1.807) is 24.0 Å². The highest BCUT2D eigenvalue weighted by Crippen LogP contribution is 2.25. The van der Waals surface area contributed by atoms with Gasteiger partial charge in [-0.2, -0.15) is 0 Å². The van der Waals surface area contributed by atoms with Crippen LogP contribution in [-0.4, -0.2) is 53.8 Å². The number of carbonyl (C=O) groups excluding carboxylic acids is 1. The number of nitrogens with one attached hydrogen (secondary N) is 1. The summed E-state index contributed by atoms with van der Waals surface area (Å²) in [5.74, 6) is 0. The van der Waals surface area contributed by atoms with E-state index in [0.29, 0.717) is 47.9 Å². The second-order valence-corrected chi connectivity index (χ2v) is 5.93. The number of amides is 1. The van der Waals surface area contributed by atoms with Crippen molar-refractivity contribution in [2.45, 2.75) is 6.92 Å². The summed E-state index contributed by atoms with van der Waals surface area (Å²) in [5.41, 5.74) is 0.784. The first-order chi connectivity index (χ1) is 10.5. The van der Waals surface area contributed by atoms with Gasteiger partial charge >= 0.3 is 6.09 Å². The van der Waals surface area contributed by atoms with Crippen LogP contribution in [0.4, 0.5) is 10.5 Å². The fourth-order valence-electron chi connectivity index (χ4n) is 2.08. The summed E-state index contributed by atoms with van der Waals surface area (Å²) < 4.78 is 4.99. The summed E-state index contributed by atoms with van der Waals surface area (Å²) in [4.78, 5) is 15.3. The van der Waals surface area contributed by atoms with E-state index >= 15 is 0 Å². The van der Waals surface area contributed by atoms with Gasteiger partial charge in [0.1, 0.15) is 0 Å². The quantitative estimate of drug-likeness (QED) is 0.817. The number of anilines is 1. The average molecular weight is 362 g/mol. The van der Waals surface area contributed by atoms with Crippen LogP contribution in [0.25, 0.3) is 0 Å². The van der Waals surface area contributed by atoms with Gasteiger partial charge in [0.25, 0.3) is 0 Å². The molecular weight excluding hydrogens is 345 g/mol. The number of piperazine rings is 1. The first-order valence-electron chi connectivity index (χ1n) is 6.94. The Labute approximate surface area is 145 Å². The second kappa shape index (κ2) is 7.85. The number of ether oxygens (including phenoxy) is 1. The lowest BCUT2D eigenvalue weighted by Crippen LogP contribution is -2.51. The van der Waals surface area contributed by atoms with Crippen molar-refractivity contribution in [3.63, 3.8) is 0 Å². The molecule has 120 valence electrons. The van der Waals surface area contributed by atoms with Crippen molar-refractivity contribution >= 4 is 52.3 Å². The molecule has 1 saturated heterocycles. The molecule has 0 aliphatic carbocycles. The molecule has 1 fully saturated rings. The van der Waals surface area contributed by atoms with E-state index < -0.39 is 0 Å². The van der Waals surface area contributed by atoms with Gasteiger partial charge in [-0.05, 0) is 37.3 Å². The number of nitrogens with zero attached hydrogens (tertiary/aromatic N) is 2. The Morgan fingerprint density at radius 2 is 1.86 bits per heavy atom. The highest BCUT2D eigenvalue weighted by molar-refractivity contribution is 7.80. The number of benzene rings is 1. The molecule has 0 saturated carbocycles. The molecule has 0 atom stereocenters. The van der Waals surface area contributed by atoms with Gasteiger partial charge in [-0.15, -0.1) is 0 Å². The van der Waals surface area contributed by atoms with Crippen molar-refractivity contribution in [2.24, 2.45) is 0 Å². The number of hydrogen-bond acceptors (Lipinski definition) is 3. The molecule has 0 radical (unpaired) electrons. The second-order valence-electron chi connectivity index (χ2n) is 4.73. The molecule has 0 unspecified atom stereocenters. The Bertz CT molecular complexity index is 563. The number of carbonyl (C=O) groups is 1. The first kappa shape index (κ1) is 17.1. The molecule has 1 aromatic rings. The maximum absolute atomic E-state index is 11.6. The molecule has 1 amide bonds. The van der Waals surface area contributed by atoms with Crippen molar-refractivity contribution in [2.75, 3.05) is 38.1 Å². The summed E-state index contributed by atoms with van der Waals surface area (Å²) >= 11 is 17.3. The van der Waals surface area contributed by atoms with Crippen LogP contribution in [0, 0.1) is 0 Å². The highest BCUT2D eigenvalue weighted by Gasteiger charge is 2.23. The summed E-state index contributed by atoms with van der Waals surface area (Å²) in [6.45, 7) is 4.67. The molecule has 1 N–H and O–H groups in total. The zero-order valence-corrected chi connectivity index (χ0v) is 14.5. The van der Waals surface area contributed by atoms with Gasteiger partial charge in [0.15, 0.2) is 5.11 Å². The zero-order chi connectivity index (χ0) is 16.1. The van der Waals surface area contributed by atoms with Crippen LogP contribution >= 0.6 is 35.4 Å². The monoisotopic (exact) mass is 361 g/mol. The van der Waals surface area contributed by atoms with Crippen molar-refractivity contribution in [1.29, 1.82) is 0 Å². The molecule has 0 spiro atoms. The summed E-state index contributed by atoms with van der Waals surface area (Å²) in [5, 5.41) is 4.70. The average Bonchev–Trinajstić information content (AvgIpc) is 2.51. The van der Waals surface area contributed by atoms with E-state index in [4.69, 9.17) is 40.2 Å². The fraction of sp³-hybridized carbons (Fsp3) is 0.429. The van der Waals surface area contributed by atoms with Crippen LogP contribution in [-0.2, 0) is 4.74 Å². The van der Waals surface area contributed by atoms with Crippen molar-refractivity contribution in [1.82, 2.24) is 9.80 Å². The van der Waals surface area contributed by atoms with Crippen LogP contribution in [0.15, 0.2) is 18.2 Å². The van der Waals surface area contributed by atoms with E-state index in [1.165, 1.54) is 0 Å². The number of halogens is 2. The molecule has 0 aromatic heterocycles. The number of hydrogen-bond donors (Lipinski definition) is 1. The van der Waals surface area contributed by atoms with Crippen LogP contribution in [0.1, 0.15) is 6.92 Å². The van der Waals surface area contributed by atoms with Gasteiger partial charge in [-0.3, -0.25) is 0 Å². The van der Waals surface area contributed by atoms with Crippen molar-refractivity contribution < 1.29 is 9.53 Å². The Kier molecular flexibility index (Phi) is 6.11. The largest absolute Gasteiger partial charge is 0.450 e. The van der Waals surface area contributed by atoms with Gasteiger partial charge in [0.05, 0.1) is 16.7 Å². The molecule has 5 nitrogen and oxygen atoms in total. The Balaban J connectivity index is 1.87. The van der Waals surface area contributed by atoms with Crippen LogP contribution in [0.2, 0.25) is 10.0 Å². The molecular formula is C14H17Cl2N3O2S. The van der Waals surface area contributed by atoms with Gasteiger partial charge in [0, 0.05) is 31.9 Å². The Morgan fingerprint density at radius 3 is 2.45 bits per heavy atom. The van der Waals surface area contributed by atoms with Crippen molar-refractivity contribution in [3.8, 4) is 0 Å². The molecule has 8 heteroatoms. The Hall–Kier alpha value is -1.24. The lowest BCUT2D eigenvalue weighted by Gasteiger charge is -2.35. The van der Waals surface area contributed by atoms with E-state index in [9.17, 15) is 4.79 Å². The predicted octanol–water partition coefficient (Wildman–Crippen LogP) is 3.46. The van der Waals surface area contributed by atoms with Crippen LogP contribution in [0.5, 0.6) is 0 Å². The van der Waals surface area contributed by atoms with E-state index in [-0.39, 0.29) is 6.09 Å². The lowest BCUT2D eigenvalue weighted by molar-refractivity contribution is 0.0923. The summed E-state index contributed by atoms with van der Waals surface area (Å²) in [7, 11) is 0. The number of thiocarbonyl (C=S) groups is 1. The summed E-state index contributed by atoms with van der Waals surface area (Å²) in [6.07, 6.45) is -0.273. The minimum Gasteiger partial charge on any atom is -0.450 e. The zero-order valence-electron chi connectivity index (χ0n) is 12.1. The molecule has 1 aliphatic rings. The minimum absolute atomic E-state index is 0.273. The van der Waals surface area contributed by atoms with Gasteiger partial charge in [0.2, 0.25) is 0 Å². The van der Waals surface area contributed by atoms with Crippen LogP contribution in [0.3, 0.4) is 0 Å². The van der Waals surface area contributed by atoms with E-state index in [0.717, 1.165) is 5.69 Å². The van der Waals surface area contributed by atoms with Crippen LogP contribution < -0.4 is 5.32 Å². The molecule has 1 aromatic carbocycles. The molecule has 22 heavy (non-hydrogen) atoms. The maximum atomic E-state index is 11.6. The Morgan fingerprint density at radius 1 is 1.23 bits per heavy atom. The van der Waals surface area contributed by atoms with Crippen molar-refractivity contribution in [3.05, 3.63) is 28.2 Å².